The second kappa shape index (κ2) is 5.22. The van der Waals surface area contributed by atoms with Gasteiger partial charge in [0.15, 0.2) is 0 Å². The van der Waals surface area contributed by atoms with Crippen LogP contribution in [-0.4, -0.2) is 58.0 Å². The van der Waals surface area contributed by atoms with Crippen molar-refractivity contribution in [3.63, 3.8) is 0 Å². The Morgan fingerprint density at radius 2 is 2.00 bits per heavy atom. The summed E-state index contributed by atoms with van der Waals surface area (Å²) in [5.74, 6) is 0.675. The van der Waals surface area contributed by atoms with Gasteiger partial charge in [-0.05, 0) is 25.2 Å². The quantitative estimate of drug-likeness (QED) is 0.698. The molecule has 2 atom stereocenters. The summed E-state index contributed by atoms with van der Waals surface area (Å²) in [6, 6.07) is -0.0614. The van der Waals surface area contributed by atoms with Gasteiger partial charge in [0.05, 0.1) is 24.5 Å². The highest BCUT2D eigenvalue weighted by atomic mass is 32.2. The third kappa shape index (κ3) is 3.19. The van der Waals surface area contributed by atoms with Crippen LogP contribution < -0.4 is 0 Å². The van der Waals surface area contributed by atoms with E-state index < -0.39 is 10.0 Å². The minimum absolute atomic E-state index is 0.00382. The van der Waals surface area contributed by atoms with Gasteiger partial charge in [-0.1, -0.05) is 0 Å². The predicted molar refractivity (Wildman–Crippen MR) is 64.3 cm³/mol. The maximum Gasteiger partial charge on any atom is 0.214 e. The molecular formula is C11H21NO4S. The second-order valence-corrected chi connectivity index (χ2v) is 6.96. The zero-order valence-corrected chi connectivity index (χ0v) is 11.3. The van der Waals surface area contributed by atoms with Gasteiger partial charge in [-0.25, -0.2) is 8.42 Å². The summed E-state index contributed by atoms with van der Waals surface area (Å²) in [6.07, 6.45) is 2.84. The molecule has 1 heterocycles. The lowest BCUT2D eigenvalue weighted by Crippen LogP contribution is -2.40. The Bertz CT molecular complexity index is 352. The van der Waals surface area contributed by atoms with E-state index in [9.17, 15) is 8.42 Å². The van der Waals surface area contributed by atoms with E-state index >= 15 is 0 Å². The van der Waals surface area contributed by atoms with Gasteiger partial charge >= 0.3 is 0 Å². The van der Waals surface area contributed by atoms with Crippen LogP contribution in [0.3, 0.4) is 0 Å². The smallest absolute Gasteiger partial charge is 0.214 e. The van der Waals surface area contributed by atoms with Crippen molar-refractivity contribution in [2.45, 2.75) is 31.4 Å². The molecular weight excluding hydrogens is 242 g/mol. The number of rotatable bonds is 6. The fourth-order valence-electron chi connectivity index (χ4n) is 2.38. The van der Waals surface area contributed by atoms with E-state index in [-0.39, 0.29) is 12.1 Å². The maximum atomic E-state index is 12.2. The fourth-order valence-corrected chi connectivity index (χ4v) is 4.49. The highest BCUT2D eigenvalue weighted by Crippen LogP contribution is 2.33. The molecule has 1 aliphatic carbocycles. The van der Waals surface area contributed by atoms with Crippen LogP contribution in [0, 0.1) is 5.92 Å². The van der Waals surface area contributed by atoms with Crippen molar-refractivity contribution >= 4 is 10.0 Å². The van der Waals surface area contributed by atoms with Gasteiger partial charge in [0.1, 0.15) is 0 Å². The van der Waals surface area contributed by atoms with Crippen LogP contribution in [0.2, 0.25) is 0 Å². The van der Waals surface area contributed by atoms with Crippen LogP contribution in [0.25, 0.3) is 0 Å². The summed E-state index contributed by atoms with van der Waals surface area (Å²) in [5.41, 5.74) is 0. The molecule has 0 aromatic heterocycles. The Kier molecular flexibility index (Phi) is 4.07. The Balaban J connectivity index is 2.05. The molecule has 0 aromatic rings. The van der Waals surface area contributed by atoms with Gasteiger partial charge in [-0.3, -0.25) is 0 Å². The van der Waals surface area contributed by atoms with E-state index in [1.807, 2.05) is 0 Å². The molecule has 0 radical (unpaired) electrons. The van der Waals surface area contributed by atoms with Gasteiger partial charge < -0.3 is 9.47 Å². The van der Waals surface area contributed by atoms with E-state index in [0.717, 1.165) is 19.3 Å². The van der Waals surface area contributed by atoms with E-state index in [0.29, 0.717) is 24.8 Å². The normalized spacial score (nSPS) is 30.9. The van der Waals surface area contributed by atoms with Crippen LogP contribution in [0.1, 0.15) is 19.3 Å². The van der Waals surface area contributed by atoms with Crippen LogP contribution in [0.5, 0.6) is 0 Å². The summed E-state index contributed by atoms with van der Waals surface area (Å²) in [4.78, 5) is 0. The maximum absolute atomic E-state index is 12.2. The third-order valence-corrected chi connectivity index (χ3v) is 5.57. The van der Waals surface area contributed by atoms with Crippen molar-refractivity contribution in [3.05, 3.63) is 0 Å². The first-order chi connectivity index (χ1) is 8.06. The Morgan fingerprint density at radius 3 is 2.53 bits per heavy atom. The zero-order chi connectivity index (χ0) is 12.5. The molecule has 1 saturated carbocycles. The minimum atomic E-state index is -3.14. The van der Waals surface area contributed by atoms with Crippen molar-refractivity contribution in [2.75, 3.05) is 33.1 Å². The lowest BCUT2D eigenvalue weighted by atomic mass is 10.2. The Hall–Kier alpha value is -0.170. The van der Waals surface area contributed by atoms with Crippen LogP contribution in [0.4, 0.5) is 0 Å². The SMILES string of the molecule is COC[C@@H]1C[C@H](OC)CN1S(=O)(=O)CC1CC1. The summed E-state index contributed by atoms with van der Waals surface area (Å²) in [7, 11) is 0.0957. The topological polar surface area (TPSA) is 55.8 Å². The van der Waals surface area contributed by atoms with Crippen LogP contribution in [-0.2, 0) is 19.5 Å². The van der Waals surface area contributed by atoms with Gasteiger partial charge in [-0.15, -0.1) is 0 Å². The average Bonchev–Trinajstić information content (AvgIpc) is 2.96. The van der Waals surface area contributed by atoms with Crippen molar-refractivity contribution < 1.29 is 17.9 Å². The molecule has 0 bridgehead atoms. The van der Waals surface area contributed by atoms with Gasteiger partial charge in [0, 0.05) is 20.8 Å². The molecule has 100 valence electrons. The third-order valence-electron chi connectivity index (χ3n) is 3.52. The summed E-state index contributed by atoms with van der Waals surface area (Å²) in [5, 5.41) is 0. The highest BCUT2D eigenvalue weighted by molar-refractivity contribution is 7.89. The molecule has 1 aliphatic heterocycles. The Labute approximate surface area is 103 Å². The second-order valence-electron chi connectivity index (χ2n) is 4.99. The number of ether oxygens (including phenoxy) is 2. The van der Waals surface area contributed by atoms with Crippen molar-refractivity contribution in [1.82, 2.24) is 4.31 Å². The number of sulfonamides is 1. The first-order valence-electron chi connectivity index (χ1n) is 6.08. The summed E-state index contributed by atoms with van der Waals surface area (Å²) >= 11 is 0. The fraction of sp³-hybridized carbons (Fsp3) is 1.00. The molecule has 17 heavy (non-hydrogen) atoms. The summed E-state index contributed by atoms with van der Waals surface area (Å²) in [6.45, 7) is 0.920. The first-order valence-corrected chi connectivity index (χ1v) is 7.69. The number of methoxy groups -OCH3 is 2. The molecule has 2 rings (SSSR count). The molecule has 6 heteroatoms. The first kappa shape index (κ1) is 13.3. The van der Waals surface area contributed by atoms with Gasteiger partial charge in [0.2, 0.25) is 10.0 Å². The molecule has 2 fully saturated rings. The Morgan fingerprint density at radius 1 is 1.29 bits per heavy atom. The van der Waals surface area contributed by atoms with Crippen molar-refractivity contribution in [2.24, 2.45) is 5.92 Å². The van der Waals surface area contributed by atoms with Gasteiger partial charge in [-0.2, -0.15) is 4.31 Å². The average molecular weight is 263 g/mol. The molecule has 0 amide bonds. The minimum Gasteiger partial charge on any atom is -0.383 e. The molecule has 1 saturated heterocycles. The van der Waals surface area contributed by atoms with Crippen molar-refractivity contribution in [1.29, 1.82) is 0 Å². The molecule has 2 aliphatic rings. The van der Waals surface area contributed by atoms with Gasteiger partial charge in [0.25, 0.3) is 0 Å². The molecule has 5 nitrogen and oxygen atoms in total. The standard InChI is InChI=1S/C11H21NO4S/c1-15-7-10-5-11(16-2)6-12(10)17(13,14)8-9-3-4-9/h9-11H,3-8H2,1-2H3/t10-,11-/m0/s1. The summed E-state index contributed by atoms with van der Waals surface area (Å²) < 4.78 is 36.5. The largest absolute Gasteiger partial charge is 0.383 e. The van der Waals surface area contributed by atoms with Crippen LogP contribution >= 0.6 is 0 Å². The monoisotopic (exact) mass is 263 g/mol. The molecule has 0 unspecified atom stereocenters. The highest BCUT2D eigenvalue weighted by Gasteiger charge is 2.41. The lowest BCUT2D eigenvalue weighted by Gasteiger charge is -2.23. The lowest BCUT2D eigenvalue weighted by molar-refractivity contribution is 0.110. The van der Waals surface area contributed by atoms with E-state index in [2.05, 4.69) is 0 Å². The van der Waals surface area contributed by atoms with Crippen molar-refractivity contribution in [3.8, 4) is 0 Å². The molecule has 0 spiro atoms. The molecule has 0 aromatic carbocycles. The predicted octanol–water partition coefficient (Wildman–Crippen LogP) is 0.462. The van der Waals surface area contributed by atoms with E-state index in [1.165, 1.54) is 0 Å². The number of nitrogens with zero attached hydrogens (tertiary/aromatic N) is 1. The zero-order valence-electron chi connectivity index (χ0n) is 10.5. The van der Waals surface area contributed by atoms with Crippen LogP contribution in [0.15, 0.2) is 0 Å². The number of hydrogen-bond acceptors (Lipinski definition) is 4. The van der Waals surface area contributed by atoms with E-state index in [4.69, 9.17) is 9.47 Å². The molecule has 0 N–H and O–H groups in total. The van der Waals surface area contributed by atoms with E-state index in [1.54, 1.807) is 18.5 Å². The number of hydrogen-bond donors (Lipinski definition) is 0.